The van der Waals surface area contributed by atoms with Crippen molar-refractivity contribution < 1.29 is 4.39 Å². The van der Waals surface area contributed by atoms with E-state index in [0.717, 1.165) is 37.7 Å². The van der Waals surface area contributed by atoms with Crippen molar-refractivity contribution in [1.29, 1.82) is 0 Å². The van der Waals surface area contributed by atoms with Crippen molar-refractivity contribution in [2.75, 3.05) is 26.2 Å². The molecule has 0 atom stereocenters. The van der Waals surface area contributed by atoms with E-state index in [4.69, 9.17) is 23.2 Å². The summed E-state index contributed by atoms with van der Waals surface area (Å²) in [7, 11) is 0. The normalized spacial score (nSPS) is 16.0. The molecule has 0 N–H and O–H groups in total. The van der Waals surface area contributed by atoms with Gasteiger partial charge in [-0.3, -0.25) is 9.91 Å². The van der Waals surface area contributed by atoms with Crippen LogP contribution in [0.15, 0.2) is 47.6 Å². The number of halogens is 3. The predicted molar refractivity (Wildman–Crippen MR) is 97.3 cm³/mol. The minimum Gasteiger partial charge on any atom is -0.295 e. The van der Waals surface area contributed by atoms with E-state index in [1.807, 2.05) is 29.3 Å². The van der Waals surface area contributed by atoms with Crippen LogP contribution in [0, 0.1) is 5.82 Å². The lowest BCUT2D eigenvalue weighted by Crippen LogP contribution is -2.43. The van der Waals surface area contributed by atoms with Crippen LogP contribution in [0.2, 0.25) is 10.0 Å². The fourth-order valence-corrected chi connectivity index (χ4v) is 2.97. The molecule has 0 spiro atoms. The van der Waals surface area contributed by atoms with Crippen LogP contribution in [0.4, 0.5) is 4.39 Å². The minimum absolute atomic E-state index is 0.336. The van der Waals surface area contributed by atoms with Crippen LogP contribution in [0.3, 0.4) is 0 Å². The molecule has 1 aliphatic heterocycles. The largest absolute Gasteiger partial charge is 0.295 e. The second-order valence-electron chi connectivity index (χ2n) is 5.74. The number of piperazine rings is 1. The molecule has 0 bridgehead atoms. The molecule has 0 radical (unpaired) electrons. The van der Waals surface area contributed by atoms with E-state index in [9.17, 15) is 4.39 Å². The summed E-state index contributed by atoms with van der Waals surface area (Å²) in [5, 5.41) is 7.44. The van der Waals surface area contributed by atoms with Gasteiger partial charge in [0, 0.05) is 43.3 Å². The average Bonchev–Trinajstić information content (AvgIpc) is 2.58. The maximum atomic E-state index is 13.7. The summed E-state index contributed by atoms with van der Waals surface area (Å²) in [6, 6.07) is 12.6. The van der Waals surface area contributed by atoms with E-state index in [1.54, 1.807) is 12.1 Å². The Labute approximate surface area is 151 Å². The molecule has 0 amide bonds. The van der Waals surface area contributed by atoms with Gasteiger partial charge >= 0.3 is 0 Å². The van der Waals surface area contributed by atoms with Crippen molar-refractivity contribution in [1.82, 2.24) is 9.91 Å². The second-order valence-corrected chi connectivity index (χ2v) is 6.58. The van der Waals surface area contributed by atoms with E-state index >= 15 is 0 Å². The van der Waals surface area contributed by atoms with Gasteiger partial charge in [0.25, 0.3) is 0 Å². The van der Waals surface area contributed by atoms with Gasteiger partial charge in [-0.25, -0.2) is 4.39 Å². The monoisotopic (exact) mass is 365 g/mol. The zero-order valence-electron chi connectivity index (χ0n) is 13.1. The Kier molecular flexibility index (Phi) is 5.72. The molecule has 2 aromatic carbocycles. The molecule has 0 saturated carbocycles. The lowest BCUT2D eigenvalue weighted by molar-refractivity contribution is 0.131. The third-order valence-corrected chi connectivity index (χ3v) is 4.60. The molecule has 24 heavy (non-hydrogen) atoms. The van der Waals surface area contributed by atoms with Gasteiger partial charge in [-0.05, 0) is 29.8 Å². The van der Waals surface area contributed by atoms with Crippen LogP contribution in [0.5, 0.6) is 0 Å². The Bertz CT molecular complexity index is 690. The molecule has 2 aromatic rings. The highest BCUT2D eigenvalue weighted by Crippen LogP contribution is 2.17. The quantitative estimate of drug-likeness (QED) is 0.752. The maximum absolute atomic E-state index is 13.7. The fraction of sp³-hybridized carbons (Fsp3) is 0.278. The van der Waals surface area contributed by atoms with E-state index in [2.05, 4.69) is 10.0 Å². The van der Waals surface area contributed by atoms with Crippen molar-refractivity contribution in [2.45, 2.75) is 6.54 Å². The number of hydrazone groups is 1. The maximum Gasteiger partial charge on any atom is 0.133 e. The van der Waals surface area contributed by atoms with E-state index < -0.39 is 0 Å². The standard InChI is InChI=1S/C18H18Cl2FN3/c19-15-6-4-14(5-7-15)13-23-8-10-24(11-9-23)22-12-16-17(20)2-1-3-18(16)21/h1-7,12H,8-11,13H2. The molecular weight excluding hydrogens is 348 g/mol. The molecular formula is C18H18Cl2FN3. The molecule has 0 aliphatic carbocycles. The summed E-state index contributed by atoms with van der Waals surface area (Å²) in [5.74, 6) is -0.354. The second kappa shape index (κ2) is 7.97. The molecule has 1 fully saturated rings. The van der Waals surface area contributed by atoms with Crippen molar-refractivity contribution >= 4 is 29.4 Å². The number of rotatable bonds is 4. The van der Waals surface area contributed by atoms with Gasteiger partial charge in [0.2, 0.25) is 0 Å². The molecule has 1 heterocycles. The van der Waals surface area contributed by atoms with Crippen molar-refractivity contribution in [3.63, 3.8) is 0 Å². The van der Waals surface area contributed by atoms with Crippen molar-refractivity contribution in [3.8, 4) is 0 Å². The minimum atomic E-state index is -0.354. The first-order chi connectivity index (χ1) is 11.6. The van der Waals surface area contributed by atoms with Crippen molar-refractivity contribution in [3.05, 3.63) is 69.5 Å². The Morgan fingerprint density at radius 3 is 2.38 bits per heavy atom. The summed E-state index contributed by atoms with van der Waals surface area (Å²) in [6.07, 6.45) is 1.51. The van der Waals surface area contributed by atoms with Crippen LogP contribution in [0.1, 0.15) is 11.1 Å². The van der Waals surface area contributed by atoms with Crippen LogP contribution < -0.4 is 0 Å². The van der Waals surface area contributed by atoms with Gasteiger partial charge in [0.15, 0.2) is 0 Å². The summed E-state index contributed by atoms with van der Waals surface area (Å²) in [5.41, 5.74) is 1.58. The molecule has 6 heteroatoms. The van der Waals surface area contributed by atoms with Crippen LogP contribution >= 0.6 is 23.2 Å². The molecule has 126 valence electrons. The van der Waals surface area contributed by atoms with Crippen molar-refractivity contribution in [2.24, 2.45) is 5.10 Å². The molecule has 1 saturated heterocycles. The molecule has 3 nitrogen and oxygen atoms in total. The first kappa shape index (κ1) is 17.2. The number of hydrogen-bond donors (Lipinski definition) is 0. The summed E-state index contributed by atoms with van der Waals surface area (Å²) >= 11 is 11.9. The Morgan fingerprint density at radius 1 is 1.00 bits per heavy atom. The highest BCUT2D eigenvalue weighted by Gasteiger charge is 2.15. The predicted octanol–water partition coefficient (Wildman–Crippen LogP) is 4.28. The Hall–Kier alpha value is -1.62. The van der Waals surface area contributed by atoms with E-state index in [0.29, 0.717) is 10.6 Å². The molecule has 0 aromatic heterocycles. The first-order valence-corrected chi connectivity index (χ1v) is 8.57. The fourth-order valence-electron chi connectivity index (χ4n) is 2.63. The summed E-state index contributed by atoms with van der Waals surface area (Å²) < 4.78 is 13.7. The molecule has 3 rings (SSSR count). The highest BCUT2D eigenvalue weighted by molar-refractivity contribution is 6.33. The van der Waals surface area contributed by atoms with Crippen LogP contribution in [0.25, 0.3) is 0 Å². The molecule has 0 unspecified atom stereocenters. The zero-order chi connectivity index (χ0) is 16.9. The van der Waals surface area contributed by atoms with Gasteiger partial charge in [-0.2, -0.15) is 5.10 Å². The molecule has 1 aliphatic rings. The third-order valence-electron chi connectivity index (χ3n) is 4.02. The van der Waals surface area contributed by atoms with Gasteiger partial charge in [-0.15, -0.1) is 0 Å². The summed E-state index contributed by atoms with van der Waals surface area (Å²) in [4.78, 5) is 2.37. The number of nitrogens with zero attached hydrogens (tertiary/aromatic N) is 3. The number of benzene rings is 2. The Balaban J connectivity index is 1.53. The number of hydrogen-bond acceptors (Lipinski definition) is 3. The highest BCUT2D eigenvalue weighted by atomic mass is 35.5. The smallest absolute Gasteiger partial charge is 0.133 e. The third kappa shape index (κ3) is 4.47. The van der Waals surface area contributed by atoms with E-state index in [-0.39, 0.29) is 5.82 Å². The van der Waals surface area contributed by atoms with Gasteiger partial charge in [0.1, 0.15) is 5.82 Å². The van der Waals surface area contributed by atoms with Crippen LogP contribution in [-0.4, -0.2) is 42.3 Å². The van der Waals surface area contributed by atoms with Gasteiger partial charge in [0.05, 0.1) is 11.2 Å². The SMILES string of the molecule is Fc1cccc(Cl)c1C=NN1CCN(Cc2ccc(Cl)cc2)CC1. The lowest BCUT2D eigenvalue weighted by atomic mass is 10.2. The summed E-state index contributed by atoms with van der Waals surface area (Å²) in [6.45, 7) is 4.32. The van der Waals surface area contributed by atoms with Crippen LogP contribution in [-0.2, 0) is 6.54 Å². The van der Waals surface area contributed by atoms with E-state index in [1.165, 1.54) is 17.8 Å². The zero-order valence-corrected chi connectivity index (χ0v) is 14.6. The topological polar surface area (TPSA) is 18.8 Å². The average molecular weight is 366 g/mol. The Morgan fingerprint density at radius 2 is 1.71 bits per heavy atom. The first-order valence-electron chi connectivity index (χ1n) is 7.81. The van der Waals surface area contributed by atoms with Gasteiger partial charge < -0.3 is 0 Å². The lowest BCUT2D eigenvalue weighted by Gasteiger charge is -2.33. The van der Waals surface area contributed by atoms with Gasteiger partial charge in [-0.1, -0.05) is 41.4 Å².